The van der Waals surface area contributed by atoms with Crippen molar-refractivity contribution in [2.24, 2.45) is 0 Å². The van der Waals surface area contributed by atoms with Crippen LogP contribution in [0.25, 0.3) is 0 Å². The number of ether oxygens (including phenoxy) is 1. The SMILES string of the molecule is CCc1ccc(C(C)Nc2ccc(NC(=O)OC(C)(C)C)cc2)cc1. The Morgan fingerprint density at radius 3 is 2.08 bits per heavy atom. The van der Waals surface area contributed by atoms with E-state index in [4.69, 9.17) is 4.74 Å². The molecule has 4 heteroatoms. The van der Waals surface area contributed by atoms with Crippen LogP contribution in [0, 0.1) is 0 Å². The molecule has 0 radical (unpaired) electrons. The number of rotatable bonds is 5. The normalized spacial score (nSPS) is 12.4. The molecule has 2 aromatic rings. The molecule has 2 aromatic carbocycles. The van der Waals surface area contributed by atoms with E-state index in [-0.39, 0.29) is 6.04 Å². The summed E-state index contributed by atoms with van der Waals surface area (Å²) in [5, 5.41) is 6.20. The molecule has 4 nitrogen and oxygen atoms in total. The van der Waals surface area contributed by atoms with Crippen molar-refractivity contribution in [3.05, 3.63) is 59.7 Å². The first-order chi connectivity index (χ1) is 11.8. The van der Waals surface area contributed by atoms with E-state index in [1.54, 1.807) is 0 Å². The molecule has 0 bridgehead atoms. The number of carbonyl (C=O) groups is 1. The third-order valence-electron chi connectivity index (χ3n) is 3.80. The second-order valence-corrected chi connectivity index (χ2v) is 7.17. The topological polar surface area (TPSA) is 50.4 Å². The van der Waals surface area contributed by atoms with E-state index in [2.05, 4.69) is 48.7 Å². The molecule has 1 atom stereocenters. The maximum Gasteiger partial charge on any atom is 0.412 e. The largest absolute Gasteiger partial charge is 0.444 e. The van der Waals surface area contributed by atoms with Gasteiger partial charge in [0.15, 0.2) is 0 Å². The number of hydrogen-bond donors (Lipinski definition) is 2. The first kappa shape index (κ1) is 18.8. The van der Waals surface area contributed by atoms with Crippen LogP contribution >= 0.6 is 0 Å². The summed E-state index contributed by atoms with van der Waals surface area (Å²) < 4.78 is 5.25. The van der Waals surface area contributed by atoms with Gasteiger partial charge in [0, 0.05) is 17.4 Å². The Kier molecular flexibility index (Phi) is 6.07. The molecule has 0 aliphatic rings. The number of amides is 1. The van der Waals surface area contributed by atoms with E-state index in [0.29, 0.717) is 5.69 Å². The summed E-state index contributed by atoms with van der Waals surface area (Å²) in [6.45, 7) is 9.81. The van der Waals surface area contributed by atoms with Crippen LogP contribution in [0.1, 0.15) is 51.8 Å². The van der Waals surface area contributed by atoms with Gasteiger partial charge in [-0.25, -0.2) is 4.79 Å². The number of hydrogen-bond acceptors (Lipinski definition) is 3. The van der Waals surface area contributed by atoms with E-state index in [9.17, 15) is 4.79 Å². The van der Waals surface area contributed by atoms with Gasteiger partial charge < -0.3 is 10.1 Å². The minimum atomic E-state index is -0.506. The molecule has 0 aliphatic heterocycles. The minimum absolute atomic E-state index is 0.204. The number of nitrogens with one attached hydrogen (secondary N) is 2. The van der Waals surface area contributed by atoms with Crippen LogP contribution in [0.4, 0.5) is 16.2 Å². The fraction of sp³-hybridized carbons (Fsp3) is 0.381. The maximum atomic E-state index is 11.8. The second-order valence-electron chi connectivity index (χ2n) is 7.17. The second kappa shape index (κ2) is 8.06. The van der Waals surface area contributed by atoms with E-state index >= 15 is 0 Å². The highest BCUT2D eigenvalue weighted by Gasteiger charge is 2.16. The molecule has 0 heterocycles. The van der Waals surface area contributed by atoms with Gasteiger partial charge in [-0.2, -0.15) is 0 Å². The molecule has 0 saturated heterocycles. The third kappa shape index (κ3) is 6.14. The molecule has 1 amide bonds. The van der Waals surface area contributed by atoms with Crippen molar-refractivity contribution in [2.75, 3.05) is 10.6 Å². The Hall–Kier alpha value is -2.49. The number of carbonyl (C=O) groups excluding carboxylic acids is 1. The van der Waals surface area contributed by atoms with Gasteiger partial charge in [0.05, 0.1) is 0 Å². The molecular weight excluding hydrogens is 312 g/mol. The zero-order valence-electron chi connectivity index (χ0n) is 15.7. The van der Waals surface area contributed by atoms with Crippen LogP contribution in [0.5, 0.6) is 0 Å². The van der Waals surface area contributed by atoms with Crippen molar-refractivity contribution < 1.29 is 9.53 Å². The maximum absolute atomic E-state index is 11.8. The lowest BCUT2D eigenvalue weighted by molar-refractivity contribution is 0.0636. The summed E-state index contributed by atoms with van der Waals surface area (Å²) in [4.78, 5) is 11.8. The quantitative estimate of drug-likeness (QED) is 0.726. The van der Waals surface area contributed by atoms with Crippen molar-refractivity contribution in [3.63, 3.8) is 0 Å². The molecule has 0 aromatic heterocycles. The average Bonchev–Trinajstić information content (AvgIpc) is 2.55. The van der Waals surface area contributed by atoms with Crippen LogP contribution in [-0.4, -0.2) is 11.7 Å². The van der Waals surface area contributed by atoms with Gasteiger partial charge in [0.25, 0.3) is 0 Å². The van der Waals surface area contributed by atoms with Crippen LogP contribution in [0.15, 0.2) is 48.5 Å². The van der Waals surface area contributed by atoms with Gasteiger partial charge in [-0.1, -0.05) is 31.2 Å². The molecule has 0 saturated carbocycles. The molecule has 2 rings (SSSR count). The lowest BCUT2D eigenvalue weighted by Crippen LogP contribution is -2.27. The number of aryl methyl sites for hydroxylation is 1. The molecule has 25 heavy (non-hydrogen) atoms. The van der Waals surface area contributed by atoms with E-state index in [1.165, 1.54) is 11.1 Å². The summed E-state index contributed by atoms with van der Waals surface area (Å²) in [7, 11) is 0. The highest BCUT2D eigenvalue weighted by atomic mass is 16.6. The Balaban J connectivity index is 1.94. The highest BCUT2D eigenvalue weighted by molar-refractivity contribution is 5.85. The van der Waals surface area contributed by atoms with Crippen molar-refractivity contribution in [1.82, 2.24) is 0 Å². The molecule has 0 spiro atoms. The van der Waals surface area contributed by atoms with E-state index in [0.717, 1.165) is 12.1 Å². The molecule has 1 unspecified atom stereocenters. The lowest BCUT2D eigenvalue weighted by atomic mass is 10.0. The number of benzene rings is 2. The smallest absolute Gasteiger partial charge is 0.412 e. The summed E-state index contributed by atoms with van der Waals surface area (Å²) >= 11 is 0. The van der Waals surface area contributed by atoms with Crippen LogP contribution < -0.4 is 10.6 Å². The standard InChI is InChI=1S/C21H28N2O2/c1-6-16-7-9-17(10-8-16)15(2)22-18-11-13-19(14-12-18)23-20(24)25-21(3,4)5/h7-15,22H,6H2,1-5H3,(H,23,24). The van der Waals surface area contributed by atoms with Gasteiger partial charge in [-0.05, 0) is 69.5 Å². The van der Waals surface area contributed by atoms with E-state index < -0.39 is 11.7 Å². The average molecular weight is 340 g/mol. The fourth-order valence-corrected chi connectivity index (χ4v) is 2.45. The molecule has 0 aliphatic carbocycles. The van der Waals surface area contributed by atoms with Crippen LogP contribution in [0.2, 0.25) is 0 Å². The van der Waals surface area contributed by atoms with Crippen LogP contribution in [-0.2, 0) is 11.2 Å². The van der Waals surface area contributed by atoms with Gasteiger partial charge in [-0.15, -0.1) is 0 Å². The Morgan fingerprint density at radius 2 is 1.56 bits per heavy atom. The summed E-state index contributed by atoms with van der Waals surface area (Å²) in [5.74, 6) is 0. The first-order valence-corrected chi connectivity index (χ1v) is 8.72. The predicted molar refractivity (Wildman–Crippen MR) is 104 cm³/mol. The Morgan fingerprint density at radius 1 is 1.00 bits per heavy atom. The minimum Gasteiger partial charge on any atom is -0.444 e. The summed E-state index contributed by atoms with van der Waals surface area (Å²) in [6.07, 6.45) is 0.603. The van der Waals surface area contributed by atoms with Crippen molar-refractivity contribution >= 4 is 17.5 Å². The first-order valence-electron chi connectivity index (χ1n) is 8.72. The Labute approximate surface area is 150 Å². The summed E-state index contributed by atoms with van der Waals surface area (Å²) in [5.41, 5.74) is 3.79. The molecule has 0 fully saturated rings. The zero-order valence-corrected chi connectivity index (χ0v) is 15.7. The van der Waals surface area contributed by atoms with E-state index in [1.807, 2.05) is 45.0 Å². The van der Waals surface area contributed by atoms with Gasteiger partial charge >= 0.3 is 6.09 Å². The fourth-order valence-electron chi connectivity index (χ4n) is 2.45. The van der Waals surface area contributed by atoms with Crippen molar-refractivity contribution in [1.29, 1.82) is 0 Å². The molecule has 2 N–H and O–H groups in total. The molecule has 134 valence electrons. The Bertz CT molecular complexity index is 685. The predicted octanol–water partition coefficient (Wildman–Crippen LogP) is 5.77. The third-order valence-corrected chi connectivity index (χ3v) is 3.80. The van der Waals surface area contributed by atoms with Gasteiger partial charge in [0.1, 0.15) is 5.60 Å². The van der Waals surface area contributed by atoms with Crippen LogP contribution in [0.3, 0.4) is 0 Å². The lowest BCUT2D eigenvalue weighted by Gasteiger charge is -2.20. The highest BCUT2D eigenvalue weighted by Crippen LogP contribution is 2.21. The number of anilines is 2. The van der Waals surface area contributed by atoms with Crippen molar-refractivity contribution in [2.45, 2.75) is 52.7 Å². The summed E-state index contributed by atoms with van der Waals surface area (Å²) in [6, 6.07) is 16.5. The van der Waals surface area contributed by atoms with Crippen molar-refractivity contribution in [3.8, 4) is 0 Å². The van der Waals surface area contributed by atoms with Gasteiger partial charge in [-0.3, -0.25) is 5.32 Å². The monoisotopic (exact) mass is 340 g/mol. The zero-order chi connectivity index (χ0) is 18.4. The van der Waals surface area contributed by atoms with Gasteiger partial charge in [0.2, 0.25) is 0 Å². The molecular formula is C21H28N2O2.